The molecule has 1 amide bonds. The molecule has 0 radical (unpaired) electrons. The lowest BCUT2D eigenvalue weighted by Gasteiger charge is -2.34. The molecule has 1 aromatic rings. The second-order valence-corrected chi connectivity index (χ2v) is 7.13. The Bertz CT molecular complexity index is 566. The van der Waals surface area contributed by atoms with Crippen LogP contribution in [0.1, 0.15) is 80.2 Å². The molecule has 0 bridgehead atoms. The van der Waals surface area contributed by atoms with E-state index in [2.05, 4.69) is 10.2 Å². The number of ether oxygens (including phenoxy) is 1. The molecule has 2 aliphatic rings. The van der Waals surface area contributed by atoms with Gasteiger partial charge >= 0.3 is 0 Å². The molecule has 2 heterocycles. The van der Waals surface area contributed by atoms with Gasteiger partial charge in [0.1, 0.15) is 0 Å². The van der Waals surface area contributed by atoms with Gasteiger partial charge in [0.25, 0.3) is 5.91 Å². The lowest BCUT2D eigenvalue weighted by Crippen LogP contribution is -2.43. The Balaban J connectivity index is 1.84. The second-order valence-electron chi connectivity index (χ2n) is 7.13. The summed E-state index contributed by atoms with van der Waals surface area (Å²) in [5, 5.41) is 16.6. The standard InChI is InChI=1S/C18H29N3O3/c1-12-11-15-16(13(2)24-12)19-20-17(15)18(23)21(9-6-10-22)14-7-4-3-5-8-14/h12-14,22H,3-11H2,1-2H3,(H,19,20)/t12-,13+/m1/s1. The van der Waals surface area contributed by atoms with Gasteiger partial charge in [0.05, 0.1) is 17.9 Å². The zero-order chi connectivity index (χ0) is 17.1. The van der Waals surface area contributed by atoms with Crippen molar-refractivity contribution in [1.82, 2.24) is 15.1 Å². The molecule has 0 unspecified atom stereocenters. The Hall–Kier alpha value is -1.40. The van der Waals surface area contributed by atoms with Gasteiger partial charge in [-0.2, -0.15) is 5.10 Å². The van der Waals surface area contributed by atoms with Crippen LogP contribution >= 0.6 is 0 Å². The van der Waals surface area contributed by atoms with Crippen LogP contribution in [0, 0.1) is 0 Å². The van der Waals surface area contributed by atoms with Crippen LogP contribution in [0.5, 0.6) is 0 Å². The van der Waals surface area contributed by atoms with Crippen LogP contribution < -0.4 is 0 Å². The molecule has 24 heavy (non-hydrogen) atoms. The fraction of sp³-hybridized carbons (Fsp3) is 0.778. The molecule has 134 valence electrons. The Morgan fingerprint density at radius 2 is 2.08 bits per heavy atom. The molecule has 2 N–H and O–H groups in total. The molecule has 0 aromatic carbocycles. The van der Waals surface area contributed by atoms with E-state index < -0.39 is 0 Å². The maximum Gasteiger partial charge on any atom is 0.274 e. The lowest BCUT2D eigenvalue weighted by atomic mass is 9.93. The smallest absolute Gasteiger partial charge is 0.274 e. The third kappa shape index (κ3) is 3.49. The van der Waals surface area contributed by atoms with Crippen LogP contribution in [0.3, 0.4) is 0 Å². The molecule has 0 saturated heterocycles. The van der Waals surface area contributed by atoms with Crippen LogP contribution in [0.15, 0.2) is 0 Å². The highest BCUT2D eigenvalue weighted by molar-refractivity contribution is 5.94. The Kier molecular flexibility index (Phi) is 5.56. The fourth-order valence-electron chi connectivity index (χ4n) is 4.07. The highest BCUT2D eigenvalue weighted by atomic mass is 16.5. The number of hydrogen-bond acceptors (Lipinski definition) is 4. The summed E-state index contributed by atoms with van der Waals surface area (Å²) in [6.45, 7) is 4.73. The predicted octanol–water partition coefficient (Wildman–Crippen LogP) is 2.59. The van der Waals surface area contributed by atoms with Gasteiger partial charge in [-0.15, -0.1) is 0 Å². The van der Waals surface area contributed by atoms with E-state index in [1.807, 2.05) is 18.7 Å². The largest absolute Gasteiger partial charge is 0.396 e. The van der Waals surface area contributed by atoms with Crippen molar-refractivity contribution in [3.05, 3.63) is 17.0 Å². The van der Waals surface area contributed by atoms with Gasteiger partial charge in [0.2, 0.25) is 0 Å². The zero-order valence-electron chi connectivity index (χ0n) is 14.8. The first-order chi connectivity index (χ1) is 11.6. The summed E-state index contributed by atoms with van der Waals surface area (Å²) in [6.07, 6.45) is 7.08. The van der Waals surface area contributed by atoms with E-state index in [9.17, 15) is 9.90 Å². The highest BCUT2D eigenvalue weighted by Gasteiger charge is 2.33. The van der Waals surface area contributed by atoms with E-state index >= 15 is 0 Å². The van der Waals surface area contributed by atoms with Gasteiger partial charge in [-0.25, -0.2) is 0 Å². The van der Waals surface area contributed by atoms with Gasteiger partial charge < -0.3 is 14.7 Å². The minimum atomic E-state index is -0.0571. The van der Waals surface area contributed by atoms with Crippen LogP contribution in [0.2, 0.25) is 0 Å². The molecule has 0 spiro atoms. The van der Waals surface area contributed by atoms with Crippen molar-refractivity contribution in [2.45, 2.75) is 77.0 Å². The number of nitrogens with zero attached hydrogens (tertiary/aromatic N) is 2. The van der Waals surface area contributed by atoms with Gasteiger partial charge in [0.15, 0.2) is 5.69 Å². The SMILES string of the molecule is C[C@@H]1Cc2c(C(=O)N(CCCO)C3CCCCC3)n[nH]c2[C@H](C)O1. The third-order valence-electron chi connectivity index (χ3n) is 5.27. The van der Waals surface area contributed by atoms with Crippen molar-refractivity contribution in [1.29, 1.82) is 0 Å². The van der Waals surface area contributed by atoms with Crippen molar-refractivity contribution in [2.75, 3.05) is 13.2 Å². The number of nitrogens with one attached hydrogen (secondary N) is 1. The third-order valence-corrected chi connectivity index (χ3v) is 5.27. The predicted molar refractivity (Wildman–Crippen MR) is 90.9 cm³/mol. The zero-order valence-corrected chi connectivity index (χ0v) is 14.8. The number of H-pyrrole nitrogens is 1. The van der Waals surface area contributed by atoms with E-state index in [1.54, 1.807) is 0 Å². The van der Waals surface area contributed by atoms with Crippen LogP contribution in [-0.2, 0) is 11.2 Å². The normalized spacial score (nSPS) is 24.6. The summed E-state index contributed by atoms with van der Waals surface area (Å²) < 4.78 is 5.82. The van der Waals surface area contributed by atoms with Crippen molar-refractivity contribution in [3.63, 3.8) is 0 Å². The summed E-state index contributed by atoms with van der Waals surface area (Å²) in [5.41, 5.74) is 2.49. The molecule has 2 atom stereocenters. The average molecular weight is 335 g/mol. The lowest BCUT2D eigenvalue weighted by molar-refractivity contribution is -0.00704. The Morgan fingerprint density at radius 1 is 1.33 bits per heavy atom. The number of hydrogen-bond donors (Lipinski definition) is 2. The first-order valence-electron chi connectivity index (χ1n) is 9.26. The van der Waals surface area contributed by atoms with E-state index in [0.29, 0.717) is 18.7 Å². The maximum atomic E-state index is 13.2. The van der Waals surface area contributed by atoms with E-state index in [-0.39, 0.29) is 30.8 Å². The summed E-state index contributed by atoms with van der Waals surface area (Å²) in [7, 11) is 0. The summed E-state index contributed by atoms with van der Waals surface area (Å²) in [4.78, 5) is 15.2. The number of aromatic nitrogens is 2. The molecular formula is C18H29N3O3. The topological polar surface area (TPSA) is 78.5 Å². The minimum absolute atomic E-state index is 0.00847. The summed E-state index contributed by atoms with van der Waals surface area (Å²) in [5.74, 6) is 0.00847. The van der Waals surface area contributed by atoms with Gasteiger partial charge in [-0.1, -0.05) is 19.3 Å². The van der Waals surface area contributed by atoms with E-state index in [4.69, 9.17) is 4.74 Å². The second kappa shape index (κ2) is 7.66. The minimum Gasteiger partial charge on any atom is -0.396 e. The number of aliphatic hydroxyl groups is 1. The summed E-state index contributed by atoms with van der Waals surface area (Å²) >= 11 is 0. The molecule has 1 saturated carbocycles. The Morgan fingerprint density at radius 3 is 2.79 bits per heavy atom. The molecule has 1 aliphatic heterocycles. The number of amides is 1. The number of aliphatic hydroxyl groups excluding tert-OH is 1. The van der Waals surface area contributed by atoms with Crippen LogP contribution in [0.25, 0.3) is 0 Å². The van der Waals surface area contributed by atoms with Crippen molar-refractivity contribution in [3.8, 4) is 0 Å². The van der Waals surface area contributed by atoms with Crippen LogP contribution in [-0.4, -0.2) is 51.4 Å². The number of aromatic amines is 1. The first-order valence-corrected chi connectivity index (χ1v) is 9.26. The van der Waals surface area contributed by atoms with Crippen molar-refractivity contribution in [2.24, 2.45) is 0 Å². The van der Waals surface area contributed by atoms with Crippen molar-refractivity contribution >= 4 is 5.91 Å². The van der Waals surface area contributed by atoms with Gasteiger partial charge in [0, 0.05) is 31.2 Å². The first kappa shape index (κ1) is 17.4. The number of fused-ring (bicyclic) bond motifs is 1. The maximum absolute atomic E-state index is 13.2. The monoisotopic (exact) mass is 335 g/mol. The highest BCUT2D eigenvalue weighted by Crippen LogP contribution is 2.32. The molecule has 1 aromatic heterocycles. The molecule has 6 heteroatoms. The molecule has 1 fully saturated rings. The molecule has 3 rings (SSSR count). The average Bonchev–Trinajstić information content (AvgIpc) is 3.00. The van der Waals surface area contributed by atoms with Gasteiger partial charge in [-0.3, -0.25) is 9.89 Å². The molecular weight excluding hydrogens is 306 g/mol. The van der Waals surface area contributed by atoms with E-state index in [1.165, 1.54) is 19.3 Å². The quantitative estimate of drug-likeness (QED) is 0.867. The van der Waals surface area contributed by atoms with Crippen LogP contribution in [0.4, 0.5) is 0 Å². The Labute approximate surface area is 143 Å². The van der Waals surface area contributed by atoms with Crippen molar-refractivity contribution < 1.29 is 14.6 Å². The molecule has 6 nitrogen and oxygen atoms in total. The number of rotatable bonds is 5. The molecule has 1 aliphatic carbocycles. The fourth-order valence-corrected chi connectivity index (χ4v) is 4.07. The number of carbonyl (C=O) groups is 1. The van der Waals surface area contributed by atoms with E-state index in [0.717, 1.165) is 30.5 Å². The number of carbonyl (C=O) groups excluding carboxylic acids is 1. The summed E-state index contributed by atoms with van der Waals surface area (Å²) in [6, 6.07) is 0.278. The van der Waals surface area contributed by atoms with Gasteiger partial charge in [-0.05, 0) is 33.1 Å².